The molecule has 2 aromatic rings. The molecule has 3 fully saturated rings. The van der Waals surface area contributed by atoms with E-state index >= 15 is 0 Å². The number of methoxy groups -OCH3 is 1. The number of ether oxygens (including phenoxy) is 7. The summed E-state index contributed by atoms with van der Waals surface area (Å²) in [6.07, 6.45) is 2.35. The van der Waals surface area contributed by atoms with Gasteiger partial charge < -0.3 is 38.3 Å². The quantitative estimate of drug-likeness (QED) is 0.175. The SMILES string of the molecule is CC1(CO)COC1.COc1ccc(OC(=O)C2CCC(C(=O)Oc3ccc(OCOCC4(C)COC4)cc3)CC2)cc1. The molecular weight excluding hydrogens is 544 g/mol. The van der Waals surface area contributed by atoms with E-state index in [0.29, 0.717) is 68.5 Å². The molecule has 2 heterocycles. The van der Waals surface area contributed by atoms with Gasteiger partial charge in [0.1, 0.15) is 23.0 Å². The number of rotatable bonds is 11. The summed E-state index contributed by atoms with van der Waals surface area (Å²) in [6, 6.07) is 13.8. The number of carbonyl (C=O) groups is 2. The lowest BCUT2D eigenvalue weighted by atomic mass is 9.82. The van der Waals surface area contributed by atoms with Crippen LogP contribution in [0.1, 0.15) is 39.5 Å². The fraction of sp³-hybridized carbons (Fsp3) is 0.562. The Morgan fingerprint density at radius 1 is 0.738 bits per heavy atom. The Morgan fingerprint density at radius 3 is 1.52 bits per heavy atom. The van der Waals surface area contributed by atoms with Crippen molar-refractivity contribution in [3.63, 3.8) is 0 Å². The van der Waals surface area contributed by atoms with Crippen molar-refractivity contribution in [3.8, 4) is 23.0 Å². The molecule has 0 spiro atoms. The van der Waals surface area contributed by atoms with Crippen LogP contribution in [0.3, 0.4) is 0 Å². The molecule has 1 aliphatic carbocycles. The summed E-state index contributed by atoms with van der Waals surface area (Å²) in [6.45, 7) is 7.99. The first-order chi connectivity index (χ1) is 20.2. The lowest BCUT2D eigenvalue weighted by molar-refractivity contribution is -0.151. The van der Waals surface area contributed by atoms with Crippen LogP contribution in [0.5, 0.6) is 23.0 Å². The molecule has 0 amide bonds. The maximum absolute atomic E-state index is 12.6. The lowest BCUT2D eigenvalue weighted by Gasteiger charge is -2.37. The summed E-state index contributed by atoms with van der Waals surface area (Å²) in [5.74, 6) is 1.28. The molecule has 1 saturated carbocycles. The number of carbonyl (C=O) groups excluding carboxylic acids is 2. The van der Waals surface area contributed by atoms with Crippen molar-refractivity contribution in [3.05, 3.63) is 48.5 Å². The first-order valence-electron chi connectivity index (χ1n) is 14.4. The van der Waals surface area contributed by atoms with Crippen molar-refractivity contribution in [2.24, 2.45) is 22.7 Å². The largest absolute Gasteiger partial charge is 0.497 e. The normalized spacial score (nSPS) is 21.8. The molecule has 230 valence electrons. The zero-order chi connectivity index (χ0) is 30.0. The number of hydrogen-bond donors (Lipinski definition) is 1. The molecule has 5 rings (SSSR count). The molecular formula is C32H42O10. The summed E-state index contributed by atoms with van der Waals surface area (Å²) >= 11 is 0. The van der Waals surface area contributed by atoms with Crippen LogP contribution in [-0.4, -0.2) is 70.6 Å². The number of hydrogen-bond acceptors (Lipinski definition) is 10. The maximum Gasteiger partial charge on any atom is 0.314 e. The minimum Gasteiger partial charge on any atom is -0.497 e. The van der Waals surface area contributed by atoms with Crippen LogP contribution >= 0.6 is 0 Å². The Morgan fingerprint density at radius 2 is 1.17 bits per heavy atom. The van der Waals surface area contributed by atoms with Gasteiger partial charge in [0.15, 0.2) is 6.79 Å². The lowest BCUT2D eigenvalue weighted by Crippen LogP contribution is -2.43. The highest BCUT2D eigenvalue weighted by molar-refractivity contribution is 5.77. The monoisotopic (exact) mass is 586 g/mol. The standard InChI is InChI=1S/C27H32O8.C5H10O2/c1-27(15-31-16-27)17-32-18-33-22-9-13-24(14-10-22)35-26(29)20-5-3-19(4-6-20)25(28)34-23-11-7-21(30-2)8-12-23;1-5(2-6)3-7-4-5/h7-14,19-20H,3-6,15-18H2,1-2H3;6H,2-4H2,1H3. The summed E-state index contributed by atoms with van der Waals surface area (Å²) < 4.78 is 37.3. The van der Waals surface area contributed by atoms with Crippen LogP contribution in [0.15, 0.2) is 48.5 Å². The molecule has 42 heavy (non-hydrogen) atoms. The zero-order valence-electron chi connectivity index (χ0n) is 24.7. The van der Waals surface area contributed by atoms with E-state index in [1.54, 1.807) is 55.6 Å². The summed E-state index contributed by atoms with van der Waals surface area (Å²) in [7, 11) is 1.58. The van der Waals surface area contributed by atoms with Crippen molar-refractivity contribution in [2.75, 3.05) is 53.5 Å². The van der Waals surface area contributed by atoms with E-state index in [-0.39, 0.29) is 48.0 Å². The van der Waals surface area contributed by atoms with Gasteiger partial charge in [0, 0.05) is 10.8 Å². The molecule has 10 heteroatoms. The van der Waals surface area contributed by atoms with Gasteiger partial charge in [-0.3, -0.25) is 9.59 Å². The predicted molar refractivity (Wildman–Crippen MR) is 153 cm³/mol. The van der Waals surface area contributed by atoms with Crippen molar-refractivity contribution < 1.29 is 47.9 Å². The highest BCUT2D eigenvalue weighted by Gasteiger charge is 2.34. The molecule has 1 N–H and O–H groups in total. The molecule has 2 saturated heterocycles. The van der Waals surface area contributed by atoms with Gasteiger partial charge >= 0.3 is 11.9 Å². The zero-order valence-corrected chi connectivity index (χ0v) is 24.7. The van der Waals surface area contributed by atoms with Gasteiger partial charge in [-0.05, 0) is 74.2 Å². The number of benzene rings is 2. The smallest absolute Gasteiger partial charge is 0.314 e. The van der Waals surface area contributed by atoms with Crippen molar-refractivity contribution in [2.45, 2.75) is 39.5 Å². The predicted octanol–water partition coefficient (Wildman–Crippen LogP) is 4.42. The Hall–Kier alpha value is -3.18. The Labute approximate surface area is 247 Å². The summed E-state index contributed by atoms with van der Waals surface area (Å²) in [5, 5.41) is 8.57. The molecule has 2 aliphatic heterocycles. The van der Waals surface area contributed by atoms with Crippen LogP contribution in [0.2, 0.25) is 0 Å². The second-order valence-corrected chi connectivity index (χ2v) is 11.9. The fourth-order valence-electron chi connectivity index (χ4n) is 4.68. The van der Waals surface area contributed by atoms with Crippen molar-refractivity contribution in [1.29, 1.82) is 0 Å². The van der Waals surface area contributed by atoms with E-state index in [4.69, 9.17) is 38.3 Å². The van der Waals surface area contributed by atoms with Crippen molar-refractivity contribution >= 4 is 11.9 Å². The van der Waals surface area contributed by atoms with E-state index in [2.05, 4.69) is 6.92 Å². The van der Waals surface area contributed by atoms with Crippen LogP contribution in [0.25, 0.3) is 0 Å². The molecule has 0 atom stereocenters. The molecule has 3 aliphatic rings. The van der Waals surface area contributed by atoms with Gasteiger partial charge in [0.2, 0.25) is 0 Å². The van der Waals surface area contributed by atoms with Gasteiger partial charge in [-0.1, -0.05) is 13.8 Å². The third kappa shape index (κ3) is 9.16. The number of aliphatic hydroxyl groups is 1. The summed E-state index contributed by atoms with van der Waals surface area (Å²) in [5.41, 5.74) is 0.178. The highest BCUT2D eigenvalue weighted by atomic mass is 16.7. The van der Waals surface area contributed by atoms with E-state index in [1.165, 1.54) is 0 Å². The number of aliphatic hydroxyl groups excluding tert-OH is 1. The molecule has 0 bridgehead atoms. The minimum absolute atomic E-state index is 0.0808. The van der Waals surface area contributed by atoms with Gasteiger partial charge in [-0.15, -0.1) is 0 Å². The van der Waals surface area contributed by atoms with Crippen LogP contribution in [-0.2, 0) is 23.8 Å². The number of esters is 2. The third-order valence-corrected chi connectivity index (χ3v) is 7.66. The molecule has 0 unspecified atom stereocenters. The van der Waals surface area contributed by atoms with Crippen LogP contribution in [0, 0.1) is 22.7 Å². The van der Waals surface area contributed by atoms with Gasteiger partial charge in [0.25, 0.3) is 0 Å². The summed E-state index contributed by atoms with van der Waals surface area (Å²) in [4.78, 5) is 25.1. The van der Waals surface area contributed by atoms with Gasteiger partial charge in [-0.25, -0.2) is 0 Å². The Bertz CT molecular complexity index is 1130. The minimum atomic E-state index is -0.278. The Kier molecular flexibility index (Phi) is 11.2. The molecule has 10 nitrogen and oxygen atoms in total. The molecule has 0 radical (unpaired) electrons. The third-order valence-electron chi connectivity index (χ3n) is 7.66. The van der Waals surface area contributed by atoms with Crippen molar-refractivity contribution in [1.82, 2.24) is 0 Å². The van der Waals surface area contributed by atoms with Crippen LogP contribution in [0.4, 0.5) is 0 Å². The van der Waals surface area contributed by atoms with E-state index in [1.807, 2.05) is 6.92 Å². The first kappa shape index (κ1) is 31.7. The highest BCUT2D eigenvalue weighted by Crippen LogP contribution is 2.32. The first-order valence-corrected chi connectivity index (χ1v) is 14.4. The average Bonchev–Trinajstić information content (AvgIpc) is 2.98. The second kappa shape index (κ2) is 14.8. The van der Waals surface area contributed by atoms with Crippen LogP contribution < -0.4 is 18.9 Å². The topological polar surface area (TPSA) is 119 Å². The molecule has 0 aromatic heterocycles. The van der Waals surface area contributed by atoms with E-state index in [9.17, 15) is 9.59 Å². The Balaban J connectivity index is 0.000000507. The van der Waals surface area contributed by atoms with E-state index < -0.39 is 0 Å². The fourth-order valence-corrected chi connectivity index (χ4v) is 4.68. The maximum atomic E-state index is 12.6. The molecule has 2 aromatic carbocycles. The van der Waals surface area contributed by atoms with E-state index in [0.717, 1.165) is 13.2 Å². The van der Waals surface area contributed by atoms with Gasteiger partial charge in [0.05, 0.1) is 58.6 Å². The average molecular weight is 587 g/mol. The second-order valence-electron chi connectivity index (χ2n) is 11.9. The van der Waals surface area contributed by atoms with Gasteiger partial charge in [-0.2, -0.15) is 0 Å².